The number of benzene rings is 1. The predicted molar refractivity (Wildman–Crippen MR) is 46.9 cm³/mol. The molecule has 0 heterocycles. The Morgan fingerprint density at radius 1 is 1.36 bits per heavy atom. The number of halogens is 3. The molecule has 0 bridgehead atoms. The second kappa shape index (κ2) is 3.22. The van der Waals surface area contributed by atoms with Crippen LogP contribution in [0.15, 0.2) is 12.1 Å². The van der Waals surface area contributed by atoms with Gasteiger partial charge in [0.05, 0.1) is 12.1 Å². The van der Waals surface area contributed by atoms with Crippen molar-refractivity contribution in [2.24, 2.45) is 0 Å². The van der Waals surface area contributed by atoms with Gasteiger partial charge in [-0.1, -0.05) is 0 Å². The van der Waals surface area contributed by atoms with Crippen LogP contribution in [0.1, 0.15) is 11.1 Å². The molecule has 14 heavy (non-hydrogen) atoms. The summed E-state index contributed by atoms with van der Waals surface area (Å²) < 4.78 is 37.2. The molecule has 0 saturated carbocycles. The summed E-state index contributed by atoms with van der Waals surface area (Å²) in [6.07, 6.45) is -4.53. The molecule has 0 fully saturated rings. The Morgan fingerprint density at radius 2 is 1.93 bits per heavy atom. The lowest BCUT2D eigenvalue weighted by Gasteiger charge is -2.11. The lowest BCUT2D eigenvalue weighted by molar-refractivity contribution is -0.136. The van der Waals surface area contributed by atoms with Gasteiger partial charge in [0.2, 0.25) is 5.69 Å². The van der Waals surface area contributed by atoms with Crippen molar-refractivity contribution < 1.29 is 13.2 Å². The van der Waals surface area contributed by atoms with Crippen LogP contribution in [0.2, 0.25) is 0 Å². The average molecular weight is 200 g/mol. The maximum absolute atomic E-state index is 12.4. The molecule has 0 saturated heterocycles. The summed E-state index contributed by atoms with van der Waals surface area (Å²) in [6, 6.07) is 2.13. The van der Waals surface area contributed by atoms with Crippen LogP contribution in [-0.2, 0) is 6.18 Å². The summed E-state index contributed by atoms with van der Waals surface area (Å²) in [5, 5.41) is 0. The molecule has 0 spiro atoms. The van der Waals surface area contributed by atoms with Crippen LogP contribution in [0.3, 0.4) is 0 Å². The quantitative estimate of drug-likeness (QED) is 0.506. The summed E-state index contributed by atoms with van der Waals surface area (Å²) >= 11 is 0. The lowest BCUT2D eigenvalue weighted by atomic mass is 10.1. The Labute approximate surface area is 79.0 Å². The van der Waals surface area contributed by atoms with E-state index in [9.17, 15) is 13.2 Å². The fourth-order valence-corrected chi connectivity index (χ4v) is 1.17. The number of hydrogen-bond acceptors (Lipinski definition) is 1. The topological polar surface area (TPSA) is 30.4 Å². The van der Waals surface area contributed by atoms with Gasteiger partial charge in [-0.15, -0.1) is 0 Å². The third-order valence-electron chi connectivity index (χ3n) is 1.74. The summed E-state index contributed by atoms with van der Waals surface area (Å²) in [7, 11) is 0. The zero-order chi connectivity index (χ0) is 10.9. The second-order valence-corrected chi connectivity index (χ2v) is 2.84. The molecule has 2 N–H and O–H groups in total. The van der Waals surface area contributed by atoms with Gasteiger partial charge in [-0.25, -0.2) is 4.85 Å². The summed E-state index contributed by atoms with van der Waals surface area (Å²) in [6.45, 7) is 8.09. The van der Waals surface area contributed by atoms with Crippen LogP contribution in [-0.4, -0.2) is 0 Å². The Hall–Kier alpha value is -1.70. The SMILES string of the molecule is [C-]#[N+]c1c(C)cc(N)cc1C(F)(F)F. The molecule has 74 valence electrons. The standard InChI is InChI=1S/C9H7F3N2/c1-5-3-6(13)4-7(8(5)14-2)9(10,11)12/h3-4H,13H2,1H3. The molecule has 0 atom stereocenters. The number of alkyl halides is 3. The van der Waals surface area contributed by atoms with Crippen LogP contribution >= 0.6 is 0 Å². The first-order chi connectivity index (χ1) is 6.36. The van der Waals surface area contributed by atoms with E-state index in [1.807, 2.05) is 0 Å². The Morgan fingerprint density at radius 3 is 2.36 bits per heavy atom. The highest BCUT2D eigenvalue weighted by Crippen LogP contribution is 2.39. The number of anilines is 1. The molecule has 0 aliphatic carbocycles. The van der Waals surface area contributed by atoms with Gasteiger partial charge < -0.3 is 5.73 Å². The largest absolute Gasteiger partial charge is 0.407 e. The number of aryl methyl sites for hydroxylation is 1. The van der Waals surface area contributed by atoms with Gasteiger partial charge in [0.15, 0.2) is 0 Å². The van der Waals surface area contributed by atoms with Gasteiger partial charge in [-0.2, -0.15) is 13.2 Å². The van der Waals surface area contributed by atoms with E-state index in [0.717, 1.165) is 6.07 Å². The summed E-state index contributed by atoms with van der Waals surface area (Å²) in [5.74, 6) is 0. The van der Waals surface area contributed by atoms with Crippen molar-refractivity contribution in [3.8, 4) is 0 Å². The van der Waals surface area contributed by atoms with Gasteiger partial charge in [0, 0.05) is 5.69 Å². The minimum atomic E-state index is -4.53. The fourth-order valence-electron chi connectivity index (χ4n) is 1.17. The molecule has 0 aliphatic rings. The number of rotatable bonds is 0. The van der Waals surface area contributed by atoms with E-state index in [0.29, 0.717) is 0 Å². The molecule has 5 heteroatoms. The molecule has 0 radical (unpaired) electrons. The molecule has 1 aromatic rings. The van der Waals surface area contributed by atoms with E-state index in [2.05, 4.69) is 4.85 Å². The van der Waals surface area contributed by atoms with Gasteiger partial charge >= 0.3 is 6.18 Å². The van der Waals surface area contributed by atoms with Crippen molar-refractivity contribution in [1.29, 1.82) is 0 Å². The first-order valence-corrected chi connectivity index (χ1v) is 3.71. The molecular formula is C9H7F3N2. The first kappa shape index (κ1) is 10.4. The molecule has 0 aliphatic heterocycles. The van der Waals surface area contributed by atoms with Crippen LogP contribution in [0.5, 0.6) is 0 Å². The van der Waals surface area contributed by atoms with Crippen molar-refractivity contribution in [2.75, 3.05) is 5.73 Å². The van der Waals surface area contributed by atoms with E-state index in [1.54, 1.807) is 0 Å². The Balaban J connectivity index is 3.50. The molecule has 0 unspecified atom stereocenters. The van der Waals surface area contributed by atoms with Crippen LogP contribution in [0, 0.1) is 13.5 Å². The van der Waals surface area contributed by atoms with Gasteiger partial charge in [0.1, 0.15) is 0 Å². The summed E-state index contributed by atoms with van der Waals surface area (Å²) in [4.78, 5) is 2.85. The molecule has 1 aromatic carbocycles. The minimum Gasteiger partial charge on any atom is -0.399 e. The number of nitrogens with two attached hydrogens (primary N) is 1. The van der Waals surface area contributed by atoms with E-state index in [-0.39, 0.29) is 16.9 Å². The monoisotopic (exact) mass is 200 g/mol. The Kier molecular flexibility index (Phi) is 2.39. The van der Waals surface area contributed by atoms with Crippen molar-refractivity contribution in [3.63, 3.8) is 0 Å². The predicted octanol–water partition coefficient (Wildman–Crippen LogP) is 3.15. The van der Waals surface area contributed by atoms with Gasteiger partial charge in [-0.05, 0) is 24.6 Å². The highest BCUT2D eigenvalue weighted by atomic mass is 19.4. The van der Waals surface area contributed by atoms with Gasteiger partial charge in [0.25, 0.3) is 0 Å². The number of nitrogen functional groups attached to an aromatic ring is 1. The highest BCUT2D eigenvalue weighted by Gasteiger charge is 2.34. The number of nitrogens with zero attached hydrogens (tertiary/aromatic N) is 1. The second-order valence-electron chi connectivity index (χ2n) is 2.84. The van der Waals surface area contributed by atoms with Crippen LogP contribution < -0.4 is 5.73 Å². The Bertz CT molecular complexity index is 402. The molecule has 2 nitrogen and oxygen atoms in total. The van der Waals surface area contributed by atoms with Crippen LogP contribution in [0.25, 0.3) is 4.85 Å². The van der Waals surface area contributed by atoms with E-state index >= 15 is 0 Å². The van der Waals surface area contributed by atoms with Crippen LogP contribution in [0.4, 0.5) is 24.5 Å². The smallest absolute Gasteiger partial charge is 0.399 e. The zero-order valence-electron chi connectivity index (χ0n) is 7.31. The lowest BCUT2D eigenvalue weighted by Crippen LogP contribution is -2.06. The molecule has 0 amide bonds. The van der Waals surface area contributed by atoms with Crippen molar-refractivity contribution in [1.82, 2.24) is 0 Å². The van der Waals surface area contributed by atoms with Crippen molar-refractivity contribution >= 4 is 11.4 Å². The zero-order valence-corrected chi connectivity index (χ0v) is 7.31. The normalized spacial score (nSPS) is 11.1. The van der Waals surface area contributed by atoms with E-state index in [4.69, 9.17) is 12.3 Å². The van der Waals surface area contributed by atoms with Crippen molar-refractivity contribution in [3.05, 3.63) is 34.7 Å². The third kappa shape index (κ3) is 1.79. The van der Waals surface area contributed by atoms with Crippen molar-refractivity contribution in [2.45, 2.75) is 13.1 Å². The van der Waals surface area contributed by atoms with E-state index < -0.39 is 11.7 Å². The maximum atomic E-state index is 12.4. The maximum Gasteiger partial charge on any atom is 0.407 e. The molecular weight excluding hydrogens is 193 g/mol. The highest BCUT2D eigenvalue weighted by molar-refractivity contribution is 5.65. The fraction of sp³-hybridized carbons (Fsp3) is 0.222. The molecule has 0 aromatic heterocycles. The summed E-state index contributed by atoms with van der Waals surface area (Å²) in [5.41, 5.74) is 4.19. The average Bonchev–Trinajstić information content (AvgIpc) is 2.01. The van der Waals surface area contributed by atoms with E-state index in [1.165, 1.54) is 13.0 Å². The first-order valence-electron chi connectivity index (χ1n) is 3.71. The molecule has 1 rings (SSSR count). The minimum absolute atomic E-state index is 0.0159. The number of hydrogen-bond donors (Lipinski definition) is 1. The third-order valence-corrected chi connectivity index (χ3v) is 1.74. The van der Waals surface area contributed by atoms with Gasteiger partial charge in [-0.3, -0.25) is 0 Å².